The van der Waals surface area contributed by atoms with Crippen molar-refractivity contribution in [2.45, 2.75) is 29.4 Å². The first-order chi connectivity index (χ1) is 11.2. The molecule has 132 valence electrons. The summed E-state index contributed by atoms with van der Waals surface area (Å²) in [6, 6.07) is 1.72. The van der Waals surface area contributed by atoms with Crippen molar-refractivity contribution in [2.75, 3.05) is 6.61 Å². The molecule has 1 unspecified atom stereocenters. The Morgan fingerprint density at radius 2 is 2.17 bits per heavy atom. The van der Waals surface area contributed by atoms with Crippen molar-refractivity contribution in [1.82, 2.24) is 9.55 Å². The molecule has 1 saturated heterocycles. The van der Waals surface area contributed by atoms with Gasteiger partial charge in [0, 0.05) is 6.20 Å². The molecule has 12 heteroatoms. The Morgan fingerprint density at radius 1 is 1.46 bits per heavy atom. The number of aromatic nitrogens is 3. The minimum atomic E-state index is -4.70. The highest BCUT2D eigenvalue weighted by Crippen LogP contribution is 2.38. The molecule has 1 aliphatic rings. The molecule has 2 aromatic heterocycles. The summed E-state index contributed by atoms with van der Waals surface area (Å²) in [5.74, 6) is 0. The largest absolute Gasteiger partial charge is 0.469 e. The molecule has 3 rings (SSSR count). The SMILES string of the molecule is C[n+]1cn([C@@H]2O[C@H](COP(=O)(O)O)C(O)[C@H]2O)c2nccc(S)c21. The second kappa shape index (κ2) is 6.36. The number of rotatable bonds is 4. The third-order valence-electron chi connectivity index (χ3n) is 3.80. The lowest BCUT2D eigenvalue weighted by Crippen LogP contribution is -2.33. The van der Waals surface area contributed by atoms with E-state index in [9.17, 15) is 14.8 Å². The summed E-state index contributed by atoms with van der Waals surface area (Å²) >= 11 is 4.37. The number of aliphatic hydroxyl groups excluding tert-OH is 2. The van der Waals surface area contributed by atoms with Crippen LogP contribution in [0.2, 0.25) is 0 Å². The topological polar surface area (TPSA) is 138 Å². The molecular formula is C12H17N3O7PS+. The number of hydrogen-bond donors (Lipinski definition) is 5. The standard InChI is InChI=1S/C12H16N3O7PS/c1-14-5-15(11-8(14)7(24)2-3-13-11)12-10(17)9(16)6(22-12)4-21-23(18,19)20/h2-3,5-6,9-10,12,16-17H,4H2,1H3,(H2-,13,18,19,20,24)/p+1/t6-,9?,10-,12-/m1/s1. The minimum absolute atomic E-state index is 0.484. The van der Waals surface area contributed by atoms with E-state index >= 15 is 0 Å². The second-order valence-corrected chi connectivity index (χ2v) is 7.19. The number of phosphoric ester groups is 1. The quantitative estimate of drug-likeness (QED) is 0.256. The van der Waals surface area contributed by atoms with Gasteiger partial charge < -0.3 is 24.7 Å². The van der Waals surface area contributed by atoms with Crippen LogP contribution in [0.25, 0.3) is 11.2 Å². The Kier molecular flexibility index (Phi) is 4.71. The molecule has 2 aromatic rings. The van der Waals surface area contributed by atoms with Gasteiger partial charge in [0.15, 0.2) is 0 Å². The van der Waals surface area contributed by atoms with Crippen molar-refractivity contribution < 1.29 is 38.4 Å². The zero-order chi connectivity index (χ0) is 17.6. The maximum Gasteiger partial charge on any atom is 0.469 e. The first-order valence-corrected chi connectivity index (χ1v) is 8.92. The fourth-order valence-corrected chi connectivity index (χ4v) is 3.38. The Labute approximate surface area is 141 Å². The van der Waals surface area contributed by atoms with Crippen molar-refractivity contribution in [2.24, 2.45) is 7.05 Å². The zero-order valence-corrected chi connectivity index (χ0v) is 14.3. The highest BCUT2D eigenvalue weighted by atomic mass is 32.1. The third-order valence-corrected chi connectivity index (χ3v) is 4.64. The van der Waals surface area contributed by atoms with Crippen LogP contribution in [0.3, 0.4) is 0 Å². The van der Waals surface area contributed by atoms with Gasteiger partial charge in [0.05, 0.1) is 18.6 Å². The lowest BCUT2D eigenvalue weighted by atomic mass is 10.1. The summed E-state index contributed by atoms with van der Waals surface area (Å²) in [4.78, 5) is 22.4. The van der Waals surface area contributed by atoms with Crippen LogP contribution in [0.4, 0.5) is 0 Å². The van der Waals surface area contributed by atoms with Gasteiger partial charge in [-0.25, -0.2) is 14.1 Å². The van der Waals surface area contributed by atoms with Crippen LogP contribution < -0.4 is 4.57 Å². The van der Waals surface area contributed by atoms with Crippen LogP contribution in [0, 0.1) is 0 Å². The van der Waals surface area contributed by atoms with Crippen LogP contribution >= 0.6 is 20.5 Å². The van der Waals surface area contributed by atoms with Crippen molar-refractivity contribution >= 4 is 31.6 Å². The van der Waals surface area contributed by atoms with Gasteiger partial charge in [-0.05, 0) is 6.07 Å². The Morgan fingerprint density at radius 3 is 2.83 bits per heavy atom. The predicted molar refractivity (Wildman–Crippen MR) is 82.1 cm³/mol. The molecule has 0 spiro atoms. The molecule has 0 aromatic carbocycles. The minimum Gasteiger partial charge on any atom is -0.387 e. The first kappa shape index (κ1) is 17.8. The van der Waals surface area contributed by atoms with Gasteiger partial charge in [0.25, 0.3) is 5.65 Å². The molecule has 3 heterocycles. The number of fused-ring (bicyclic) bond motifs is 1. The number of hydrogen-bond acceptors (Lipinski definition) is 7. The number of phosphoric acid groups is 1. The predicted octanol–water partition coefficient (Wildman–Crippen LogP) is -1.12. The van der Waals surface area contributed by atoms with Gasteiger partial charge in [-0.1, -0.05) is 0 Å². The van der Waals surface area contributed by atoms with E-state index < -0.39 is 39.0 Å². The summed E-state index contributed by atoms with van der Waals surface area (Å²) in [6.07, 6.45) is -1.60. The maximum atomic E-state index is 10.8. The summed E-state index contributed by atoms with van der Waals surface area (Å²) in [5.41, 5.74) is 1.19. The number of aryl methyl sites for hydroxylation is 1. The number of ether oxygens (including phenoxy) is 1. The van der Waals surface area contributed by atoms with E-state index in [2.05, 4.69) is 22.1 Å². The summed E-state index contributed by atoms with van der Waals surface area (Å²) in [7, 11) is -2.93. The van der Waals surface area contributed by atoms with E-state index in [1.807, 2.05) is 0 Å². The fraction of sp³-hybridized carbons (Fsp3) is 0.500. The Bertz CT molecular complexity index is 809. The summed E-state index contributed by atoms with van der Waals surface area (Å²) in [6.45, 7) is -0.560. The van der Waals surface area contributed by atoms with Gasteiger partial charge in [-0.3, -0.25) is 4.52 Å². The fourth-order valence-electron chi connectivity index (χ4n) is 2.71. The molecule has 1 aliphatic heterocycles. The van der Waals surface area contributed by atoms with E-state index in [-0.39, 0.29) is 0 Å². The zero-order valence-electron chi connectivity index (χ0n) is 12.5. The molecule has 1 fully saturated rings. The third kappa shape index (κ3) is 3.22. The van der Waals surface area contributed by atoms with Gasteiger partial charge in [0.1, 0.15) is 18.3 Å². The van der Waals surface area contributed by atoms with Gasteiger partial charge in [0.2, 0.25) is 18.1 Å². The molecule has 0 amide bonds. The lowest BCUT2D eigenvalue weighted by Gasteiger charge is -2.14. The van der Waals surface area contributed by atoms with Crippen molar-refractivity contribution in [1.29, 1.82) is 0 Å². The average Bonchev–Trinajstić information content (AvgIpc) is 2.96. The van der Waals surface area contributed by atoms with E-state index in [0.717, 1.165) is 0 Å². The van der Waals surface area contributed by atoms with E-state index in [1.54, 1.807) is 30.2 Å². The lowest BCUT2D eigenvalue weighted by molar-refractivity contribution is -0.647. The monoisotopic (exact) mass is 378 g/mol. The van der Waals surface area contributed by atoms with Crippen molar-refractivity contribution in [3.8, 4) is 0 Å². The van der Waals surface area contributed by atoms with Crippen LogP contribution in [0.15, 0.2) is 23.5 Å². The number of pyridine rings is 1. The molecule has 10 nitrogen and oxygen atoms in total. The van der Waals surface area contributed by atoms with Crippen LogP contribution in [0.1, 0.15) is 6.23 Å². The number of thiol groups is 1. The van der Waals surface area contributed by atoms with Crippen molar-refractivity contribution in [3.63, 3.8) is 0 Å². The molecule has 0 aliphatic carbocycles. The second-order valence-electron chi connectivity index (χ2n) is 5.47. The highest BCUT2D eigenvalue weighted by Gasteiger charge is 2.48. The molecule has 24 heavy (non-hydrogen) atoms. The maximum absolute atomic E-state index is 10.8. The van der Waals surface area contributed by atoms with Crippen LogP contribution in [-0.4, -0.2) is 54.5 Å². The number of imidazole rings is 1. The average molecular weight is 378 g/mol. The molecule has 0 saturated carbocycles. The smallest absolute Gasteiger partial charge is 0.387 e. The first-order valence-electron chi connectivity index (χ1n) is 6.95. The molecule has 4 atom stereocenters. The van der Waals surface area contributed by atoms with E-state index in [4.69, 9.17) is 14.5 Å². The van der Waals surface area contributed by atoms with Crippen LogP contribution in [0.5, 0.6) is 0 Å². The molecular weight excluding hydrogens is 361 g/mol. The summed E-state index contributed by atoms with van der Waals surface area (Å²) in [5, 5.41) is 20.3. The van der Waals surface area contributed by atoms with E-state index in [1.165, 1.54) is 4.57 Å². The Balaban J connectivity index is 1.90. The molecule has 4 N–H and O–H groups in total. The Hall–Kier alpha value is -1.04. The normalized spacial score (nSPS) is 27.9. The molecule has 0 bridgehead atoms. The highest BCUT2D eigenvalue weighted by molar-refractivity contribution is 7.80. The number of nitrogens with zero attached hydrogens (tertiary/aromatic N) is 3. The van der Waals surface area contributed by atoms with Gasteiger partial charge in [-0.2, -0.15) is 4.57 Å². The van der Waals surface area contributed by atoms with Crippen molar-refractivity contribution in [3.05, 3.63) is 18.6 Å². The van der Waals surface area contributed by atoms with Gasteiger partial charge in [-0.15, -0.1) is 12.6 Å². The van der Waals surface area contributed by atoms with Gasteiger partial charge >= 0.3 is 7.82 Å². The summed E-state index contributed by atoms with van der Waals surface area (Å²) < 4.78 is 24.0. The van der Waals surface area contributed by atoms with Crippen LogP contribution in [-0.2, 0) is 20.9 Å². The van der Waals surface area contributed by atoms with E-state index in [0.29, 0.717) is 16.1 Å². The molecule has 0 radical (unpaired) electrons. The number of aliphatic hydroxyl groups is 2.